The smallest absolute Gasteiger partial charge is 0.129 e. The third kappa shape index (κ3) is 2.10. The molecule has 3 aromatic rings. The summed E-state index contributed by atoms with van der Waals surface area (Å²) in [6.45, 7) is 0. The van der Waals surface area contributed by atoms with Crippen molar-refractivity contribution >= 4 is 22.4 Å². The van der Waals surface area contributed by atoms with Crippen LogP contribution in [-0.2, 0) is 6.42 Å². The first-order valence-corrected chi connectivity index (χ1v) is 6.22. The first kappa shape index (κ1) is 11.5. The zero-order valence-corrected chi connectivity index (χ0v) is 10.5. The predicted octanol–water partition coefficient (Wildman–Crippen LogP) is 2.99. The molecule has 0 bridgehead atoms. The van der Waals surface area contributed by atoms with Crippen molar-refractivity contribution in [3.05, 3.63) is 65.7 Å². The largest absolute Gasteiger partial charge is 0.398 e. The molecule has 0 fully saturated rings. The Kier molecular flexibility index (Phi) is 2.80. The molecule has 0 saturated carbocycles. The van der Waals surface area contributed by atoms with Gasteiger partial charge in [0, 0.05) is 23.1 Å². The Morgan fingerprint density at radius 3 is 2.32 bits per heavy atom. The molecule has 1 heterocycles. The highest BCUT2D eigenvalue weighted by Crippen LogP contribution is 2.29. The van der Waals surface area contributed by atoms with Gasteiger partial charge in [0.25, 0.3) is 0 Å². The lowest BCUT2D eigenvalue weighted by atomic mass is 10.0. The number of hydrogen-bond donors (Lipinski definition) is 2. The van der Waals surface area contributed by atoms with Crippen molar-refractivity contribution in [2.45, 2.75) is 6.42 Å². The first-order chi connectivity index (χ1) is 9.25. The summed E-state index contributed by atoms with van der Waals surface area (Å²) in [5.74, 6) is 0.514. The number of rotatable bonds is 2. The highest BCUT2D eigenvalue weighted by atomic mass is 14.9. The van der Waals surface area contributed by atoms with Crippen molar-refractivity contribution in [1.82, 2.24) is 4.98 Å². The fraction of sp³-hybridized carbons (Fsp3) is 0.0625. The number of nitrogen functional groups attached to an aromatic ring is 2. The van der Waals surface area contributed by atoms with Gasteiger partial charge in [-0.25, -0.2) is 4.98 Å². The van der Waals surface area contributed by atoms with Crippen LogP contribution in [0.25, 0.3) is 10.9 Å². The minimum Gasteiger partial charge on any atom is -0.398 e. The molecule has 0 spiro atoms. The van der Waals surface area contributed by atoms with Gasteiger partial charge in [0.15, 0.2) is 0 Å². The topological polar surface area (TPSA) is 64.9 Å². The van der Waals surface area contributed by atoms with E-state index < -0.39 is 0 Å². The number of anilines is 2. The second-order valence-corrected chi connectivity index (χ2v) is 4.57. The monoisotopic (exact) mass is 249 g/mol. The summed E-state index contributed by atoms with van der Waals surface area (Å²) >= 11 is 0. The number of nitrogens with zero attached hydrogens (tertiary/aromatic N) is 1. The summed E-state index contributed by atoms with van der Waals surface area (Å²) in [5.41, 5.74) is 15.9. The van der Waals surface area contributed by atoms with Gasteiger partial charge < -0.3 is 11.5 Å². The zero-order valence-electron chi connectivity index (χ0n) is 10.5. The number of fused-ring (bicyclic) bond motifs is 1. The Labute approximate surface area is 111 Å². The van der Waals surface area contributed by atoms with Crippen molar-refractivity contribution in [3.8, 4) is 0 Å². The van der Waals surface area contributed by atoms with E-state index in [4.69, 9.17) is 11.5 Å². The predicted molar refractivity (Wildman–Crippen MR) is 79.8 cm³/mol. The molecular formula is C16H15N3. The summed E-state index contributed by atoms with van der Waals surface area (Å²) in [6, 6.07) is 17.9. The second kappa shape index (κ2) is 4.61. The van der Waals surface area contributed by atoms with Crippen LogP contribution in [0.3, 0.4) is 0 Å². The van der Waals surface area contributed by atoms with Crippen molar-refractivity contribution < 1.29 is 0 Å². The molecule has 0 radical (unpaired) electrons. The van der Waals surface area contributed by atoms with Crippen LogP contribution >= 0.6 is 0 Å². The average Bonchev–Trinajstić information content (AvgIpc) is 2.45. The van der Waals surface area contributed by atoms with Gasteiger partial charge in [0.05, 0.1) is 5.52 Å². The maximum absolute atomic E-state index is 6.25. The molecule has 3 heteroatoms. The molecule has 0 unspecified atom stereocenters. The van der Waals surface area contributed by atoms with Crippen LogP contribution in [0.4, 0.5) is 11.5 Å². The fourth-order valence-corrected chi connectivity index (χ4v) is 2.28. The minimum atomic E-state index is 0.514. The summed E-state index contributed by atoms with van der Waals surface area (Å²) in [6.07, 6.45) is 0.705. The van der Waals surface area contributed by atoms with Gasteiger partial charge in [-0.05, 0) is 11.6 Å². The molecule has 4 N–H and O–H groups in total. The van der Waals surface area contributed by atoms with E-state index in [0.29, 0.717) is 12.2 Å². The van der Waals surface area contributed by atoms with E-state index in [1.807, 2.05) is 42.5 Å². The van der Waals surface area contributed by atoms with Crippen LogP contribution in [-0.4, -0.2) is 4.98 Å². The van der Waals surface area contributed by atoms with E-state index in [-0.39, 0.29) is 0 Å². The lowest BCUT2D eigenvalue weighted by Crippen LogP contribution is -2.04. The van der Waals surface area contributed by atoms with Crippen LogP contribution < -0.4 is 11.5 Å². The quantitative estimate of drug-likeness (QED) is 0.733. The summed E-state index contributed by atoms with van der Waals surface area (Å²) in [7, 11) is 0. The number of aromatic nitrogens is 1. The van der Waals surface area contributed by atoms with Crippen LogP contribution in [0.5, 0.6) is 0 Å². The van der Waals surface area contributed by atoms with E-state index in [2.05, 4.69) is 17.1 Å². The maximum Gasteiger partial charge on any atom is 0.129 e. The number of pyridine rings is 1. The lowest BCUT2D eigenvalue weighted by molar-refractivity contribution is 1.18. The fourth-order valence-electron chi connectivity index (χ4n) is 2.28. The van der Waals surface area contributed by atoms with Gasteiger partial charge in [-0.1, -0.05) is 48.5 Å². The summed E-state index contributed by atoms with van der Waals surface area (Å²) in [5, 5.41) is 0.961. The molecule has 94 valence electrons. The van der Waals surface area contributed by atoms with Gasteiger partial charge in [-0.3, -0.25) is 0 Å². The maximum atomic E-state index is 6.25. The Balaban J connectivity index is 2.13. The minimum absolute atomic E-state index is 0.514. The van der Waals surface area contributed by atoms with Gasteiger partial charge in [0.2, 0.25) is 0 Å². The number of benzene rings is 2. The average molecular weight is 249 g/mol. The van der Waals surface area contributed by atoms with Crippen LogP contribution in [0.1, 0.15) is 11.1 Å². The standard InChI is InChI=1S/C16H15N3/c17-15-12-8-4-5-9-14(12)19-16(18)13(15)10-11-6-2-1-3-7-11/h1-9H,10H2,(H4,17,18,19). The van der Waals surface area contributed by atoms with Gasteiger partial charge >= 0.3 is 0 Å². The van der Waals surface area contributed by atoms with E-state index in [1.165, 1.54) is 5.56 Å². The van der Waals surface area contributed by atoms with Gasteiger partial charge in [-0.2, -0.15) is 0 Å². The first-order valence-electron chi connectivity index (χ1n) is 6.22. The van der Waals surface area contributed by atoms with Crippen molar-refractivity contribution in [2.75, 3.05) is 11.5 Å². The zero-order chi connectivity index (χ0) is 13.2. The molecule has 0 atom stereocenters. The van der Waals surface area contributed by atoms with E-state index in [0.717, 1.165) is 22.2 Å². The van der Waals surface area contributed by atoms with Crippen LogP contribution in [0, 0.1) is 0 Å². The molecule has 0 amide bonds. The molecule has 0 aliphatic heterocycles. The van der Waals surface area contributed by atoms with Crippen LogP contribution in [0.2, 0.25) is 0 Å². The molecule has 3 nitrogen and oxygen atoms in total. The van der Waals surface area contributed by atoms with E-state index in [1.54, 1.807) is 0 Å². The highest BCUT2D eigenvalue weighted by molar-refractivity contribution is 5.94. The molecule has 0 aliphatic rings. The summed E-state index contributed by atoms with van der Waals surface area (Å²) < 4.78 is 0. The van der Waals surface area contributed by atoms with Crippen molar-refractivity contribution in [3.63, 3.8) is 0 Å². The number of para-hydroxylation sites is 1. The second-order valence-electron chi connectivity index (χ2n) is 4.57. The highest BCUT2D eigenvalue weighted by Gasteiger charge is 2.10. The molecule has 3 rings (SSSR count). The number of nitrogens with two attached hydrogens (primary N) is 2. The Hall–Kier alpha value is -2.55. The molecule has 19 heavy (non-hydrogen) atoms. The third-order valence-corrected chi connectivity index (χ3v) is 3.29. The van der Waals surface area contributed by atoms with Crippen molar-refractivity contribution in [1.29, 1.82) is 0 Å². The van der Waals surface area contributed by atoms with E-state index >= 15 is 0 Å². The Bertz CT molecular complexity index is 721. The van der Waals surface area contributed by atoms with Gasteiger partial charge in [-0.15, -0.1) is 0 Å². The SMILES string of the molecule is Nc1nc2ccccc2c(N)c1Cc1ccccc1. The third-order valence-electron chi connectivity index (χ3n) is 3.29. The summed E-state index contributed by atoms with van der Waals surface area (Å²) in [4.78, 5) is 4.43. The van der Waals surface area contributed by atoms with Crippen LogP contribution in [0.15, 0.2) is 54.6 Å². The molecule has 0 aliphatic carbocycles. The lowest BCUT2D eigenvalue weighted by Gasteiger charge is -2.11. The van der Waals surface area contributed by atoms with Crippen molar-refractivity contribution in [2.24, 2.45) is 0 Å². The Morgan fingerprint density at radius 1 is 0.842 bits per heavy atom. The molecule has 1 aromatic heterocycles. The molecular weight excluding hydrogens is 234 g/mol. The number of hydrogen-bond acceptors (Lipinski definition) is 3. The molecule has 0 saturated heterocycles. The normalized spacial score (nSPS) is 10.7. The van der Waals surface area contributed by atoms with E-state index in [9.17, 15) is 0 Å². The van der Waals surface area contributed by atoms with Gasteiger partial charge in [0.1, 0.15) is 5.82 Å². The Morgan fingerprint density at radius 2 is 1.53 bits per heavy atom. The molecule has 2 aromatic carbocycles.